The maximum absolute atomic E-state index is 11.4. The number of H-pyrrole nitrogens is 1. The maximum Gasteiger partial charge on any atom is 0.347 e. The molecule has 1 heterocycles. The predicted molar refractivity (Wildman–Crippen MR) is 80.7 cm³/mol. The van der Waals surface area contributed by atoms with Gasteiger partial charge >= 0.3 is 5.69 Å². The molecule has 1 aromatic heterocycles. The summed E-state index contributed by atoms with van der Waals surface area (Å²) in [4.78, 5) is 19.4. The van der Waals surface area contributed by atoms with Crippen LogP contribution in [0.25, 0.3) is 0 Å². The number of rotatable bonds is 4. The Morgan fingerprint density at radius 1 is 1.45 bits per heavy atom. The molecule has 0 spiro atoms. The normalized spacial score (nSPS) is 10.1. The van der Waals surface area contributed by atoms with Gasteiger partial charge in [-0.2, -0.15) is 10.2 Å². The summed E-state index contributed by atoms with van der Waals surface area (Å²) in [5, 5.41) is 8.84. The van der Waals surface area contributed by atoms with E-state index in [1.54, 1.807) is 6.07 Å². The van der Waals surface area contributed by atoms with Gasteiger partial charge in [-0.3, -0.25) is 4.98 Å². The van der Waals surface area contributed by atoms with Crippen molar-refractivity contribution >= 4 is 21.7 Å². The lowest BCUT2D eigenvalue weighted by atomic mass is 10.1. The quantitative estimate of drug-likeness (QED) is 0.930. The van der Waals surface area contributed by atoms with Crippen molar-refractivity contribution in [3.8, 4) is 6.07 Å². The Hall–Kier alpha value is -2.13. The summed E-state index contributed by atoms with van der Waals surface area (Å²) in [6.45, 7) is 0.698. The highest BCUT2D eigenvalue weighted by Gasteiger charge is 2.07. The highest BCUT2D eigenvalue weighted by molar-refractivity contribution is 9.10. The molecule has 2 aromatic rings. The van der Waals surface area contributed by atoms with Crippen LogP contribution in [0.1, 0.15) is 11.3 Å². The Morgan fingerprint density at radius 3 is 2.90 bits per heavy atom. The average Bonchev–Trinajstić information content (AvgIpc) is 2.45. The van der Waals surface area contributed by atoms with Crippen LogP contribution < -0.4 is 10.6 Å². The molecule has 0 unspecified atom stereocenters. The Labute approximate surface area is 125 Å². The van der Waals surface area contributed by atoms with E-state index in [0.717, 1.165) is 10.9 Å². The van der Waals surface area contributed by atoms with Crippen molar-refractivity contribution in [3.63, 3.8) is 0 Å². The van der Waals surface area contributed by atoms with E-state index in [4.69, 9.17) is 5.26 Å². The number of hydrogen-bond donors (Lipinski definition) is 1. The molecule has 6 heteroatoms. The SMILES string of the molecule is CN(CCc1ccccc1Br)c1cc(C#N)[nH]c(=O)n1. The summed E-state index contributed by atoms with van der Waals surface area (Å²) in [6.07, 6.45) is 0.814. The number of nitrogens with one attached hydrogen (secondary N) is 1. The van der Waals surface area contributed by atoms with Gasteiger partial charge in [0.2, 0.25) is 0 Å². The van der Waals surface area contributed by atoms with Crippen LogP contribution in [-0.4, -0.2) is 23.6 Å². The number of benzene rings is 1. The Morgan fingerprint density at radius 2 is 2.20 bits per heavy atom. The van der Waals surface area contributed by atoms with E-state index >= 15 is 0 Å². The number of nitrogens with zero attached hydrogens (tertiary/aromatic N) is 3. The second kappa shape index (κ2) is 6.35. The molecule has 0 saturated carbocycles. The second-order valence-corrected chi connectivity index (χ2v) is 5.19. The fourth-order valence-corrected chi connectivity index (χ4v) is 2.29. The van der Waals surface area contributed by atoms with Crippen LogP contribution in [0.3, 0.4) is 0 Å². The number of nitriles is 1. The molecule has 0 saturated heterocycles. The van der Waals surface area contributed by atoms with Crippen molar-refractivity contribution in [2.75, 3.05) is 18.5 Å². The lowest BCUT2D eigenvalue weighted by Crippen LogP contribution is -2.25. The number of anilines is 1. The van der Waals surface area contributed by atoms with Gasteiger partial charge in [-0.05, 0) is 18.1 Å². The molecule has 102 valence electrons. The van der Waals surface area contributed by atoms with Crippen LogP contribution >= 0.6 is 15.9 Å². The summed E-state index contributed by atoms with van der Waals surface area (Å²) in [6, 6.07) is 11.5. The van der Waals surface area contributed by atoms with Gasteiger partial charge < -0.3 is 4.90 Å². The van der Waals surface area contributed by atoms with Gasteiger partial charge in [-0.25, -0.2) is 4.79 Å². The topological polar surface area (TPSA) is 72.8 Å². The molecule has 1 aromatic carbocycles. The molecule has 0 aliphatic carbocycles. The summed E-state index contributed by atoms with van der Waals surface area (Å²) in [7, 11) is 1.85. The largest absolute Gasteiger partial charge is 0.359 e. The molecule has 0 aliphatic rings. The van der Waals surface area contributed by atoms with E-state index in [-0.39, 0.29) is 5.69 Å². The highest BCUT2D eigenvalue weighted by Crippen LogP contribution is 2.17. The molecular weight excluding hydrogens is 320 g/mol. The first-order valence-corrected chi connectivity index (χ1v) is 6.85. The second-order valence-electron chi connectivity index (χ2n) is 4.33. The lowest BCUT2D eigenvalue weighted by molar-refractivity contribution is 0.845. The number of halogens is 1. The number of likely N-dealkylation sites (N-methyl/N-ethyl adjacent to an activating group) is 1. The first kappa shape index (κ1) is 14.3. The molecule has 0 amide bonds. The highest BCUT2D eigenvalue weighted by atomic mass is 79.9. The molecule has 20 heavy (non-hydrogen) atoms. The molecule has 1 N–H and O–H groups in total. The van der Waals surface area contributed by atoms with Gasteiger partial charge in [0, 0.05) is 24.1 Å². The van der Waals surface area contributed by atoms with E-state index in [9.17, 15) is 4.79 Å². The van der Waals surface area contributed by atoms with Gasteiger partial charge in [-0.1, -0.05) is 34.1 Å². The smallest absolute Gasteiger partial charge is 0.347 e. The van der Waals surface area contributed by atoms with Crippen LogP contribution in [0.5, 0.6) is 0 Å². The minimum absolute atomic E-state index is 0.216. The molecule has 0 radical (unpaired) electrons. The van der Waals surface area contributed by atoms with E-state index < -0.39 is 5.69 Å². The van der Waals surface area contributed by atoms with Gasteiger partial charge in [-0.15, -0.1) is 0 Å². The van der Waals surface area contributed by atoms with Crippen LogP contribution in [-0.2, 0) is 6.42 Å². The Balaban J connectivity index is 2.11. The van der Waals surface area contributed by atoms with Gasteiger partial charge in [0.05, 0.1) is 0 Å². The number of aromatic nitrogens is 2. The van der Waals surface area contributed by atoms with Crippen molar-refractivity contribution in [2.45, 2.75) is 6.42 Å². The predicted octanol–water partition coefficient (Wildman–Crippen LogP) is 2.08. The zero-order valence-corrected chi connectivity index (χ0v) is 12.5. The zero-order chi connectivity index (χ0) is 14.5. The monoisotopic (exact) mass is 332 g/mol. The average molecular weight is 333 g/mol. The Bertz CT molecular complexity index is 705. The van der Waals surface area contributed by atoms with Crippen LogP contribution in [0.2, 0.25) is 0 Å². The molecule has 0 bridgehead atoms. The Kier molecular flexibility index (Phi) is 4.53. The summed E-state index contributed by atoms with van der Waals surface area (Å²) >= 11 is 3.50. The molecule has 0 aliphatic heterocycles. The van der Waals surface area contributed by atoms with Crippen molar-refractivity contribution < 1.29 is 0 Å². The number of hydrogen-bond acceptors (Lipinski definition) is 4. The van der Waals surface area contributed by atoms with Crippen molar-refractivity contribution in [1.82, 2.24) is 9.97 Å². The standard InChI is InChI=1S/C14H13BrN4O/c1-19(7-6-10-4-2-3-5-12(10)15)13-8-11(9-16)17-14(20)18-13/h2-5,8H,6-7H2,1H3,(H,17,18,20). The molecular formula is C14H13BrN4O. The third kappa shape index (κ3) is 3.45. The maximum atomic E-state index is 11.4. The van der Waals surface area contributed by atoms with E-state index in [1.807, 2.05) is 42.3 Å². The van der Waals surface area contributed by atoms with Crippen molar-refractivity contribution in [3.05, 3.63) is 56.5 Å². The van der Waals surface area contributed by atoms with Gasteiger partial charge in [0.25, 0.3) is 0 Å². The van der Waals surface area contributed by atoms with Crippen LogP contribution in [0.4, 0.5) is 5.82 Å². The van der Waals surface area contributed by atoms with Crippen molar-refractivity contribution in [1.29, 1.82) is 5.26 Å². The third-order valence-corrected chi connectivity index (χ3v) is 3.69. The minimum Gasteiger partial charge on any atom is -0.359 e. The first-order valence-electron chi connectivity index (χ1n) is 6.06. The summed E-state index contributed by atoms with van der Waals surface area (Å²) < 4.78 is 1.06. The van der Waals surface area contributed by atoms with Crippen LogP contribution in [0, 0.1) is 11.3 Å². The van der Waals surface area contributed by atoms with Crippen molar-refractivity contribution in [2.24, 2.45) is 0 Å². The van der Waals surface area contributed by atoms with E-state index in [2.05, 4.69) is 25.9 Å². The zero-order valence-electron chi connectivity index (χ0n) is 10.9. The summed E-state index contributed by atoms with van der Waals surface area (Å²) in [5.41, 5.74) is 0.893. The van der Waals surface area contributed by atoms with Gasteiger partial charge in [0.15, 0.2) is 0 Å². The molecule has 0 atom stereocenters. The minimum atomic E-state index is -0.508. The fourth-order valence-electron chi connectivity index (χ4n) is 1.80. The van der Waals surface area contributed by atoms with Gasteiger partial charge in [0.1, 0.15) is 17.6 Å². The van der Waals surface area contributed by atoms with E-state index in [1.165, 1.54) is 5.56 Å². The van der Waals surface area contributed by atoms with Crippen LogP contribution in [0.15, 0.2) is 39.6 Å². The summed E-state index contributed by atoms with van der Waals surface area (Å²) in [5.74, 6) is 0.498. The first-order chi connectivity index (χ1) is 9.60. The number of aromatic amines is 1. The van der Waals surface area contributed by atoms with E-state index in [0.29, 0.717) is 12.4 Å². The lowest BCUT2D eigenvalue weighted by Gasteiger charge is -2.18. The fraction of sp³-hybridized carbons (Fsp3) is 0.214. The molecule has 2 rings (SSSR count). The third-order valence-electron chi connectivity index (χ3n) is 2.92. The molecule has 0 fully saturated rings. The molecule has 5 nitrogen and oxygen atoms in total.